The lowest BCUT2D eigenvalue weighted by atomic mass is 9.74. The molecule has 2 atom stereocenters. The molecule has 2 N–H and O–H groups in total. The number of hydrogen-bond donors (Lipinski definition) is 2. The van der Waals surface area contributed by atoms with Crippen molar-refractivity contribution >= 4 is 5.69 Å². The van der Waals surface area contributed by atoms with Crippen LogP contribution in [0.2, 0.25) is 0 Å². The third-order valence-corrected chi connectivity index (χ3v) is 3.11. The maximum atomic E-state index is 9.54. The third kappa shape index (κ3) is 1.85. The van der Waals surface area contributed by atoms with Crippen LogP contribution in [0.4, 0.5) is 5.69 Å². The monoisotopic (exact) mass is 207 g/mol. The van der Waals surface area contributed by atoms with E-state index in [1.165, 1.54) is 0 Å². The molecule has 82 valence electrons. The normalized spacial score (nSPS) is 29.7. The summed E-state index contributed by atoms with van der Waals surface area (Å²) in [5.41, 5.74) is 2.15. The first kappa shape index (κ1) is 10.5. The van der Waals surface area contributed by atoms with E-state index >= 15 is 0 Å². The predicted octanol–water partition coefficient (Wildman–Crippen LogP) is 0.962. The van der Waals surface area contributed by atoms with Gasteiger partial charge in [0.15, 0.2) is 0 Å². The summed E-state index contributed by atoms with van der Waals surface area (Å²) in [7, 11) is 3.98. The SMILES string of the molecule is CN(C)c1ccc(C2C(O)CC2O)cc1. The minimum atomic E-state index is -0.384. The Hall–Kier alpha value is -1.06. The van der Waals surface area contributed by atoms with Crippen molar-refractivity contribution in [3.63, 3.8) is 0 Å². The first-order valence-electron chi connectivity index (χ1n) is 5.23. The Morgan fingerprint density at radius 2 is 1.60 bits per heavy atom. The largest absolute Gasteiger partial charge is 0.392 e. The molecular formula is C12H17NO2. The lowest BCUT2D eigenvalue weighted by Crippen LogP contribution is -2.43. The number of anilines is 1. The third-order valence-electron chi connectivity index (χ3n) is 3.11. The van der Waals surface area contributed by atoms with Crippen LogP contribution in [-0.4, -0.2) is 36.5 Å². The molecule has 1 fully saturated rings. The lowest BCUT2D eigenvalue weighted by Gasteiger charge is -2.38. The van der Waals surface area contributed by atoms with Gasteiger partial charge in [-0.05, 0) is 17.7 Å². The zero-order valence-electron chi connectivity index (χ0n) is 9.09. The minimum Gasteiger partial charge on any atom is -0.392 e. The van der Waals surface area contributed by atoms with Crippen LogP contribution in [0.15, 0.2) is 24.3 Å². The minimum absolute atomic E-state index is 0.0961. The number of aliphatic hydroxyl groups excluding tert-OH is 2. The highest BCUT2D eigenvalue weighted by Crippen LogP contribution is 2.37. The molecule has 2 unspecified atom stereocenters. The summed E-state index contributed by atoms with van der Waals surface area (Å²) in [6.07, 6.45) is -0.268. The second kappa shape index (κ2) is 3.83. The summed E-state index contributed by atoms with van der Waals surface area (Å²) >= 11 is 0. The van der Waals surface area contributed by atoms with Gasteiger partial charge in [-0.3, -0.25) is 0 Å². The quantitative estimate of drug-likeness (QED) is 0.759. The van der Waals surface area contributed by atoms with Crippen LogP contribution in [0, 0.1) is 0 Å². The molecule has 3 nitrogen and oxygen atoms in total. The summed E-state index contributed by atoms with van der Waals surface area (Å²) in [5.74, 6) is -0.0961. The van der Waals surface area contributed by atoms with Gasteiger partial charge in [0.1, 0.15) is 0 Å². The maximum Gasteiger partial charge on any atom is 0.0658 e. The van der Waals surface area contributed by atoms with Gasteiger partial charge in [0.2, 0.25) is 0 Å². The van der Waals surface area contributed by atoms with Gasteiger partial charge in [-0.25, -0.2) is 0 Å². The van der Waals surface area contributed by atoms with Crippen molar-refractivity contribution in [1.82, 2.24) is 0 Å². The number of rotatable bonds is 2. The van der Waals surface area contributed by atoms with Crippen LogP contribution in [-0.2, 0) is 0 Å². The van der Waals surface area contributed by atoms with E-state index in [1.54, 1.807) is 0 Å². The van der Waals surface area contributed by atoms with Crippen molar-refractivity contribution in [2.75, 3.05) is 19.0 Å². The van der Waals surface area contributed by atoms with Crippen LogP contribution in [0.1, 0.15) is 17.9 Å². The second-order valence-corrected chi connectivity index (χ2v) is 4.38. The van der Waals surface area contributed by atoms with E-state index in [1.807, 2.05) is 43.3 Å². The molecule has 0 radical (unpaired) electrons. The Labute approximate surface area is 90.0 Å². The summed E-state index contributed by atoms with van der Waals surface area (Å²) in [6.45, 7) is 0. The smallest absolute Gasteiger partial charge is 0.0658 e. The Bertz CT molecular complexity index is 326. The number of aliphatic hydroxyl groups is 2. The summed E-state index contributed by atoms with van der Waals surface area (Å²) in [5, 5.41) is 19.1. The second-order valence-electron chi connectivity index (χ2n) is 4.38. The molecule has 0 aliphatic heterocycles. The maximum absolute atomic E-state index is 9.54. The zero-order valence-corrected chi connectivity index (χ0v) is 9.09. The molecule has 1 aliphatic rings. The van der Waals surface area contributed by atoms with Crippen LogP contribution in [0.3, 0.4) is 0 Å². The van der Waals surface area contributed by atoms with E-state index < -0.39 is 0 Å². The topological polar surface area (TPSA) is 43.7 Å². The van der Waals surface area contributed by atoms with Crippen molar-refractivity contribution in [2.24, 2.45) is 0 Å². The molecule has 3 heteroatoms. The molecule has 0 spiro atoms. The van der Waals surface area contributed by atoms with Gasteiger partial charge in [0.05, 0.1) is 12.2 Å². The van der Waals surface area contributed by atoms with Gasteiger partial charge in [-0.2, -0.15) is 0 Å². The molecule has 0 aromatic heterocycles. The van der Waals surface area contributed by atoms with E-state index in [2.05, 4.69) is 0 Å². The molecule has 1 saturated carbocycles. The number of nitrogens with zero attached hydrogens (tertiary/aromatic N) is 1. The average molecular weight is 207 g/mol. The molecule has 1 aromatic carbocycles. The van der Waals surface area contributed by atoms with Gasteiger partial charge in [0.25, 0.3) is 0 Å². The number of benzene rings is 1. The number of hydrogen-bond acceptors (Lipinski definition) is 3. The molecule has 1 aliphatic carbocycles. The molecular weight excluding hydrogens is 190 g/mol. The van der Waals surface area contributed by atoms with E-state index in [0.717, 1.165) is 11.3 Å². The molecule has 0 heterocycles. The lowest BCUT2D eigenvalue weighted by molar-refractivity contribution is -0.0523. The molecule has 0 amide bonds. The first-order valence-corrected chi connectivity index (χ1v) is 5.23. The highest BCUT2D eigenvalue weighted by molar-refractivity contribution is 5.47. The van der Waals surface area contributed by atoms with E-state index in [0.29, 0.717) is 6.42 Å². The molecule has 0 saturated heterocycles. The van der Waals surface area contributed by atoms with Gasteiger partial charge >= 0.3 is 0 Å². The highest BCUT2D eigenvalue weighted by Gasteiger charge is 2.39. The average Bonchev–Trinajstić information content (AvgIpc) is 2.18. The Morgan fingerprint density at radius 3 is 2.00 bits per heavy atom. The van der Waals surface area contributed by atoms with Crippen LogP contribution in [0.5, 0.6) is 0 Å². The predicted molar refractivity (Wildman–Crippen MR) is 60.1 cm³/mol. The fourth-order valence-corrected chi connectivity index (χ4v) is 2.04. The molecule has 2 rings (SSSR count). The van der Waals surface area contributed by atoms with Gasteiger partial charge in [0, 0.05) is 32.1 Å². The molecule has 0 bridgehead atoms. The van der Waals surface area contributed by atoms with Crippen molar-refractivity contribution in [1.29, 1.82) is 0 Å². The standard InChI is InChI=1S/C12H17NO2/c1-13(2)9-5-3-8(4-6-9)12-10(14)7-11(12)15/h3-6,10-12,14-15H,7H2,1-2H3. The Kier molecular flexibility index (Phi) is 2.67. The molecule has 1 aromatic rings. The van der Waals surface area contributed by atoms with Gasteiger partial charge in [-0.15, -0.1) is 0 Å². The molecule has 15 heavy (non-hydrogen) atoms. The van der Waals surface area contributed by atoms with Crippen molar-refractivity contribution in [3.8, 4) is 0 Å². The van der Waals surface area contributed by atoms with Crippen LogP contribution < -0.4 is 4.90 Å². The van der Waals surface area contributed by atoms with Crippen LogP contribution >= 0.6 is 0 Å². The first-order chi connectivity index (χ1) is 7.09. The summed E-state index contributed by atoms with van der Waals surface area (Å²) < 4.78 is 0. The fraction of sp³-hybridized carbons (Fsp3) is 0.500. The van der Waals surface area contributed by atoms with E-state index in [9.17, 15) is 10.2 Å². The van der Waals surface area contributed by atoms with Crippen molar-refractivity contribution in [3.05, 3.63) is 29.8 Å². The van der Waals surface area contributed by atoms with Gasteiger partial charge in [-0.1, -0.05) is 12.1 Å². The van der Waals surface area contributed by atoms with Crippen molar-refractivity contribution in [2.45, 2.75) is 24.5 Å². The van der Waals surface area contributed by atoms with Gasteiger partial charge < -0.3 is 15.1 Å². The summed E-state index contributed by atoms with van der Waals surface area (Å²) in [6, 6.07) is 7.97. The Morgan fingerprint density at radius 1 is 1.07 bits per heavy atom. The van der Waals surface area contributed by atoms with Crippen molar-refractivity contribution < 1.29 is 10.2 Å². The summed E-state index contributed by atoms with van der Waals surface area (Å²) in [4.78, 5) is 2.03. The van der Waals surface area contributed by atoms with E-state index in [-0.39, 0.29) is 18.1 Å². The van der Waals surface area contributed by atoms with Crippen LogP contribution in [0.25, 0.3) is 0 Å². The Balaban J connectivity index is 2.16. The fourth-order valence-electron chi connectivity index (χ4n) is 2.04. The zero-order chi connectivity index (χ0) is 11.0. The highest BCUT2D eigenvalue weighted by atomic mass is 16.3. The van der Waals surface area contributed by atoms with E-state index in [4.69, 9.17) is 0 Å².